The van der Waals surface area contributed by atoms with E-state index in [0.29, 0.717) is 37.9 Å². The largest absolute Gasteiger partial charge is 0.379 e. The normalized spacial score (nSPS) is 25.7. The van der Waals surface area contributed by atoms with Crippen LogP contribution in [0.25, 0.3) is 0 Å². The summed E-state index contributed by atoms with van der Waals surface area (Å²) < 4.78 is 31.8. The first kappa shape index (κ1) is 15.5. The average Bonchev–Trinajstić information content (AvgIpc) is 3.25. The van der Waals surface area contributed by atoms with E-state index in [4.69, 9.17) is 4.74 Å². The molecule has 7 heteroatoms. The smallest absolute Gasteiger partial charge is 0.243 e. The molecule has 0 bridgehead atoms. The molecule has 1 aliphatic carbocycles. The van der Waals surface area contributed by atoms with Crippen LogP contribution in [0.3, 0.4) is 0 Å². The van der Waals surface area contributed by atoms with Crippen LogP contribution in [-0.2, 0) is 19.6 Å². The molecule has 1 aromatic rings. The number of nitrogens with zero attached hydrogens (tertiary/aromatic N) is 1. The van der Waals surface area contributed by atoms with Crippen molar-refractivity contribution < 1.29 is 17.9 Å². The summed E-state index contributed by atoms with van der Waals surface area (Å²) in [7, 11) is -3.53. The molecule has 22 heavy (non-hydrogen) atoms. The van der Waals surface area contributed by atoms with E-state index in [2.05, 4.69) is 5.32 Å². The fourth-order valence-corrected chi connectivity index (χ4v) is 4.05. The van der Waals surface area contributed by atoms with Crippen LogP contribution >= 0.6 is 0 Å². The number of rotatable bonds is 4. The molecule has 2 fully saturated rings. The third-order valence-electron chi connectivity index (χ3n) is 4.16. The zero-order valence-electron chi connectivity index (χ0n) is 12.5. The van der Waals surface area contributed by atoms with Crippen molar-refractivity contribution in [3.63, 3.8) is 0 Å². The fraction of sp³-hybridized carbons (Fsp3) is 0.533. The maximum absolute atomic E-state index is 12.6. The Balaban J connectivity index is 1.76. The van der Waals surface area contributed by atoms with Gasteiger partial charge in [0.1, 0.15) is 0 Å². The number of anilines is 1. The van der Waals surface area contributed by atoms with Crippen LogP contribution < -0.4 is 5.32 Å². The van der Waals surface area contributed by atoms with Crippen molar-refractivity contribution >= 4 is 21.6 Å². The Morgan fingerprint density at radius 1 is 1.32 bits per heavy atom. The van der Waals surface area contributed by atoms with Gasteiger partial charge in [-0.3, -0.25) is 4.79 Å². The van der Waals surface area contributed by atoms with E-state index in [-0.39, 0.29) is 16.7 Å². The first-order chi connectivity index (χ1) is 10.5. The number of morpholine rings is 1. The first-order valence-corrected chi connectivity index (χ1v) is 8.91. The topological polar surface area (TPSA) is 75.7 Å². The zero-order chi connectivity index (χ0) is 15.7. The van der Waals surface area contributed by atoms with E-state index >= 15 is 0 Å². The molecule has 2 aliphatic rings. The molecule has 2 atom stereocenters. The van der Waals surface area contributed by atoms with E-state index in [1.807, 2.05) is 6.92 Å². The zero-order valence-corrected chi connectivity index (χ0v) is 13.3. The lowest BCUT2D eigenvalue weighted by molar-refractivity contribution is -0.117. The van der Waals surface area contributed by atoms with E-state index in [9.17, 15) is 13.2 Å². The standard InChI is InChI=1S/C15H20N2O4S/c1-11-9-14(11)15(18)16-12-3-2-4-13(10-12)22(19,20)17-5-7-21-8-6-17/h2-4,10-11,14H,5-9H2,1H3,(H,16,18)/t11-,14+/m0/s1. The van der Waals surface area contributed by atoms with E-state index in [0.717, 1.165) is 6.42 Å². The van der Waals surface area contributed by atoms with E-state index < -0.39 is 10.0 Å². The van der Waals surface area contributed by atoms with Gasteiger partial charge in [0.15, 0.2) is 0 Å². The Hall–Kier alpha value is -1.44. The minimum Gasteiger partial charge on any atom is -0.379 e. The highest BCUT2D eigenvalue weighted by Gasteiger charge is 2.39. The van der Waals surface area contributed by atoms with Crippen molar-refractivity contribution in [1.82, 2.24) is 4.31 Å². The summed E-state index contributed by atoms with van der Waals surface area (Å²) in [6.45, 7) is 3.57. The van der Waals surface area contributed by atoms with E-state index in [1.165, 1.54) is 10.4 Å². The van der Waals surface area contributed by atoms with Gasteiger partial charge >= 0.3 is 0 Å². The quantitative estimate of drug-likeness (QED) is 0.906. The second-order valence-corrected chi connectivity index (χ2v) is 7.79. The third-order valence-corrected chi connectivity index (χ3v) is 6.05. The molecule has 6 nitrogen and oxygen atoms in total. The van der Waals surface area contributed by atoms with Crippen LogP contribution in [0.4, 0.5) is 5.69 Å². The van der Waals surface area contributed by atoms with Crippen LogP contribution in [0.1, 0.15) is 13.3 Å². The molecule has 3 rings (SSSR count). The Kier molecular flexibility index (Phi) is 4.20. The Morgan fingerprint density at radius 2 is 2.00 bits per heavy atom. The van der Waals surface area contributed by atoms with Gasteiger partial charge in [-0.15, -0.1) is 0 Å². The summed E-state index contributed by atoms with van der Waals surface area (Å²) in [4.78, 5) is 12.2. The summed E-state index contributed by atoms with van der Waals surface area (Å²) >= 11 is 0. The Labute approximate surface area is 130 Å². The summed E-state index contributed by atoms with van der Waals surface area (Å²) in [5.74, 6) is 0.438. The second-order valence-electron chi connectivity index (χ2n) is 5.85. The highest BCUT2D eigenvalue weighted by Crippen LogP contribution is 2.38. The number of hydrogen-bond donors (Lipinski definition) is 1. The molecule has 1 saturated carbocycles. The molecular weight excluding hydrogens is 304 g/mol. The van der Waals surface area contributed by atoms with Gasteiger partial charge in [0, 0.05) is 24.7 Å². The van der Waals surface area contributed by atoms with Gasteiger partial charge in [-0.2, -0.15) is 4.31 Å². The van der Waals surface area contributed by atoms with Crippen LogP contribution in [0.2, 0.25) is 0 Å². The number of benzene rings is 1. The van der Waals surface area contributed by atoms with Crippen molar-refractivity contribution in [2.75, 3.05) is 31.6 Å². The predicted octanol–water partition coefficient (Wildman–Crippen LogP) is 1.30. The fourth-order valence-electron chi connectivity index (χ4n) is 2.59. The summed E-state index contributed by atoms with van der Waals surface area (Å²) in [6, 6.07) is 6.44. The molecule has 1 aromatic carbocycles. The van der Waals surface area contributed by atoms with Crippen molar-refractivity contribution in [3.05, 3.63) is 24.3 Å². The van der Waals surface area contributed by atoms with Gasteiger partial charge < -0.3 is 10.1 Å². The number of nitrogens with one attached hydrogen (secondary N) is 1. The maximum atomic E-state index is 12.6. The summed E-state index contributed by atoms with van der Waals surface area (Å²) in [5, 5.41) is 2.80. The summed E-state index contributed by atoms with van der Waals surface area (Å²) in [6.07, 6.45) is 0.900. The summed E-state index contributed by atoms with van der Waals surface area (Å²) in [5.41, 5.74) is 0.526. The molecule has 0 radical (unpaired) electrons. The maximum Gasteiger partial charge on any atom is 0.243 e. The number of ether oxygens (including phenoxy) is 1. The predicted molar refractivity (Wildman–Crippen MR) is 81.9 cm³/mol. The highest BCUT2D eigenvalue weighted by atomic mass is 32.2. The Morgan fingerprint density at radius 3 is 2.64 bits per heavy atom. The molecule has 1 N–H and O–H groups in total. The molecular formula is C15H20N2O4S. The van der Waals surface area contributed by atoms with Crippen LogP contribution in [0, 0.1) is 11.8 Å². The molecule has 1 aliphatic heterocycles. The highest BCUT2D eigenvalue weighted by molar-refractivity contribution is 7.89. The van der Waals surface area contributed by atoms with E-state index in [1.54, 1.807) is 18.2 Å². The molecule has 1 saturated heterocycles. The molecule has 120 valence electrons. The average molecular weight is 324 g/mol. The SMILES string of the molecule is C[C@H]1C[C@H]1C(=O)Nc1cccc(S(=O)(=O)N2CCOCC2)c1. The lowest BCUT2D eigenvalue weighted by Crippen LogP contribution is -2.40. The van der Waals surface area contributed by atoms with Crippen molar-refractivity contribution in [2.24, 2.45) is 11.8 Å². The van der Waals surface area contributed by atoms with Crippen LogP contribution in [-0.4, -0.2) is 44.9 Å². The number of carbonyl (C=O) groups excluding carboxylic acids is 1. The second kappa shape index (κ2) is 5.98. The van der Waals surface area contributed by atoms with Crippen LogP contribution in [0.15, 0.2) is 29.2 Å². The number of carbonyl (C=O) groups is 1. The lowest BCUT2D eigenvalue weighted by atomic mass is 10.3. The van der Waals surface area contributed by atoms with Gasteiger partial charge in [-0.25, -0.2) is 8.42 Å². The molecule has 0 spiro atoms. The van der Waals surface area contributed by atoms with Gasteiger partial charge in [0.2, 0.25) is 15.9 Å². The van der Waals surface area contributed by atoms with Crippen molar-refractivity contribution in [1.29, 1.82) is 0 Å². The van der Waals surface area contributed by atoms with Gasteiger partial charge in [0.25, 0.3) is 0 Å². The Bertz CT molecular complexity index is 668. The van der Waals surface area contributed by atoms with Crippen molar-refractivity contribution in [2.45, 2.75) is 18.2 Å². The van der Waals surface area contributed by atoms with Gasteiger partial charge in [-0.05, 0) is 30.5 Å². The van der Waals surface area contributed by atoms with Gasteiger partial charge in [0.05, 0.1) is 18.1 Å². The van der Waals surface area contributed by atoms with Crippen molar-refractivity contribution in [3.8, 4) is 0 Å². The first-order valence-electron chi connectivity index (χ1n) is 7.47. The molecule has 1 heterocycles. The minimum absolute atomic E-state index is 0.0339. The monoisotopic (exact) mass is 324 g/mol. The molecule has 0 aromatic heterocycles. The molecule has 1 amide bonds. The third kappa shape index (κ3) is 3.16. The number of hydrogen-bond acceptors (Lipinski definition) is 4. The van der Waals surface area contributed by atoms with Gasteiger partial charge in [-0.1, -0.05) is 13.0 Å². The van der Waals surface area contributed by atoms with Crippen LogP contribution in [0.5, 0.6) is 0 Å². The number of sulfonamides is 1. The molecule has 0 unspecified atom stereocenters. The lowest BCUT2D eigenvalue weighted by Gasteiger charge is -2.26. The number of amides is 1. The minimum atomic E-state index is -3.53.